The van der Waals surface area contributed by atoms with Gasteiger partial charge in [0.2, 0.25) is 0 Å². The molecule has 16 heavy (non-hydrogen) atoms. The van der Waals surface area contributed by atoms with Crippen molar-refractivity contribution in [1.82, 2.24) is 0 Å². The maximum atomic E-state index is 12.0. The normalized spacial score (nSPS) is 11.3. The fraction of sp³-hybridized carbons (Fsp3) is 0.300. The quantitative estimate of drug-likeness (QED) is 0.631. The van der Waals surface area contributed by atoms with E-state index < -0.39 is 6.36 Å². The summed E-state index contributed by atoms with van der Waals surface area (Å²) in [6, 6.07) is 3.96. The molecule has 0 aliphatic carbocycles. The van der Waals surface area contributed by atoms with Gasteiger partial charge in [0.15, 0.2) is 5.78 Å². The highest BCUT2D eigenvalue weighted by molar-refractivity contribution is 9.09. The van der Waals surface area contributed by atoms with Gasteiger partial charge in [-0.25, -0.2) is 0 Å². The van der Waals surface area contributed by atoms with E-state index in [2.05, 4.69) is 20.7 Å². The fourth-order valence-electron chi connectivity index (χ4n) is 1.09. The second-order valence-electron chi connectivity index (χ2n) is 3.08. The van der Waals surface area contributed by atoms with Crippen LogP contribution < -0.4 is 4.74 Å². The van der Waals surface area contributed by atoms with Crippen molar-refractivity contribution >= 4 is 21.7 Å². The van der Waals surface area contributed by atoms with Crippen LogP contribution in [0.4, 0.5) is 13.2 Å². The van der Waals surface area contributed by atoms with Gasteiger partial charge in [0.05, 0.1) is 5.33 Å². The highest BCUT2D eigenvalue weighted by Gasteiger charge is 2.31. The molecule has 2 nitrogen and oxygen atoms in total. The van der Waals surface area contributed by atoms with Crippen LogP contribution in [0.3, 0.4) is 0 Å². The number of hydrogen-bond acceptors (Lipinski definition) is 2. The van der Waals surface area contributed by atoms with E-state index in [4.69, 9.17) is 0 Å². The highest BCUT2D eigenvalue weighted by Crippen LogP contribution is 2.27. The minimum absolute atomic E-state index is 0.0571. The zero-order chi connectivity index (χ0) is 12.3. The van der Waals surface area contributed by atoms with Gasteiger partial charge < -0.3 is 4.74 Å². The van der Waals surface area contributed by atoms with Gasteiger partial charge in [-0.3, -0.25) is 4.79 Å². The van der Waals surface area contributed by atoms with E-state index in [1.54, 1.807) is 0 Å². The Morgan fingerprint density at radius 2 is 2.06 bits per heavy atom. The first-order valence-electron chi connectivity index (χ1n) is 4.29. The van der Waals surface area contributed by atoms with Crippen molar-refractivity contribution in [3.8, 4) is 5.75 Å². The summed E-state index contributed by atoms with van der Waals surface area (Å²) < 4.78 is 39.9. The lowest BCUT2D eigenvalue weighted by Gasteiger charge is -2.12. The molecule has 0 atom stereocenters. The van der Waals surface area contributed by atoms with E-state index >= 15 is 0 Å². The van der Waals surface area contributed by atoms with E-state index in [-0.39, 0.29) is 22.4 Å². The number of benzene rings is 1. The van der Waals surface area contributed by atoms with Gasteiger partial charge in [0, 0.05) is 5.56 Å². The number of ether oxygens (including phenoxy) is 1. The van der Waals surface area contributed by atoms with E-state index in [0.717, 1.165) is 6.07 Å². The Morgan fingerprint density at radius 1 is 1.44 bits per heavy atom. The van der Waals surface area contributed by atoms with Crippen LogP contribution >= 0.6 is 15.9 Å². The van der Waals surface area contributed by atoms with Crippen molar-refractivity contribution in [1.29, 1.82) is 0 Å². The van der Waals surface area contributed by atoms with Gasteiger partial charge in [-0.15, -0.1) is 13.2 Å². The summed E-state index contributed by atoms with van der Waals surface area (Å²) in [6.07, 6.45) is -4.75. The van der Waals surface area contributed by atoms with Crippen LogP contribution in [-0.4, -0.2) is 17.5 Å². The first-order valence-corrected chi connectivity index (χ1v) is 5.41. The Bertz CT molecular complexity index is 402. The molecule has 0 amide bonds. The lowest BCUT2D eigenvalue weighted by Crippen LogP contribution is -2.18. The van der Waals surface area contributed by atoms with Gasteiger partial charge in [-0.2, -0.15) is 0 Å². The second kappa shape index (κ2) is 4.86. The molecule has 0 fully saturated rings. The molecule has 1 aromatic rings. The van der Waals surface area contributed by atoms with Crippen LogP contribution in [0.5, 0.6) is 5.75 Å². The number of alkyl halides is 4. The molecule has 0 radical (unpaired) electrons. The molecular weight excluding hydrogens is 289 g/mol. The number of rotatable bonds is 3. The molecular formula is C10H8BrF3O2. The predicted molar refractivity (Wildman–Crippen MR) is 56.0 cm³/mol. The van der Waals surface area contributed by atoms with E-state index in [0.29, 0.717) is 5.56 Å². The molecule has 0 aromatic heterocycles. The summed E-state index contributed by atoms with van der Waals surface area (Å²) in [4.78, 5) is 11.3. The van der Waals surface area contributed by atoms with Crippen LogP contribution in [0.2, 0.25) is 0 Å². The molecule has 0 unspecified atom stereocenters. The number of Topliss-reactive ketones (excluding diaryl/α,β-unsaturated/α-hetero) is 1. The number of carbonyl (C=O) groups excluding carboxylic acids is 1. The van der Waals surface area contributed by atoms with E-state index in [9.17, 15) is 18.0 Å². The molecule has 88 valence electrons. The summed E-state index contributed by atoms with van der Waals surface area (Å²) in [5.41, 5.74) is 0.505. The van der Waals surface area contributed by atoms with E-state index in [1.807, 2.05) is 0 Å². The number of hydrogen-bond donors (Lipinski definition) is 0. The van der Waals surface area contributed by atoms with Crippen LogP contribution in [0.1, 0.15) is 15.9 Å². The summed E-state index contributed by atoms with van der Waals surface area (Å²) >= 11 is 2.94. The SMILES string of the molecule is Cc1ccc(C(=O)CBr)cc1OC(F)(F)F. The lowest BCUT2D eigenvalue weighted by atomic mass is 10.1. The van der Waals surface area contributed by atoms with Crippen molar-refractivity contribution in [3.05, 3.63) is 29.3 Å². The number of halogens is 4. The van der Waals surface area contributed by atoms with Gasteiger partial charge in [-0.1, -0.05) is 28.1 Å². The first-order chi connectivity index (χ1) is 7.33. The Labute approximate surface area is 98.5 Å². The average molecular weight is 297 g/mol. The Morgan fingerprint density at radius 3 is 2.56 bits per heavy atom. The molecule has 0 bridgehead atoms. The highest BCUT2D eigenvalue weighted by atomic mass is 79.9. The molecule has 0 heterocycles. The minimum atomic E-state index is -4.75. The predicted octanol–water partition coefficient (Wildman–Crippen LogP) is 3.47. The Hall–Kier alpha value is -1.04. The van der Waals surface area contributed by atoms with Crippen LogP contribution in [-0.2, 0) is 0 Å². The minimum Gasteiger partial charge on any atom is -0.405 e. The molecule has 0 saturated heterocycles. The molecule has 0 spiro atoms. The molecule has 0 N–H and O–H groups in total. The smallest absolute Gasteiger partial charge is 0.405 e. The van der Waals surface area contributed by atoms with Gasteiger partial charge in [-0.05, 0) is 18.6 Å². The third kappa shape index (κ3) is 3.52. The standard InChI is InChI=1S/C10H8BrF3O2/c1-6-2-3-7(8(15)5-11)4-9(6)16-10(12,13)14/h2-4H,5H2,1H3. The van der Waals surface area contributed by atoms with Gasteiger partial charge in [0.1, 0.15) is 5.75 Å². The van der Waals surface area contributed by atoms with Crippen molar-refractivity contribution in [2.45, 2.75) is 13.3 Å². The topological polar surface area (TPSA) is 26.3 Å². The van der Waals surface area contributed by atoms with Crippen LogP contribution in [0.15, 0.2) is 18.2 Å². The van der Waals surface area contributed by atoms with Crippen LogP contribution in [0, 0.1) is 6.92 Å². The first kappa shape index (κ1) is 13.0. The van der Waals surface area contributed by atoms with Crippen molar-refractivity contribution in [3.63, 3.8) is 0 Å². The van der Waals surface area contributed by atoms with Crippen molar-refractivity contribution < 1.29 is 22.7 Å². The number of ketones is 1. The maximum Gasteiger partial charge on any atom is 0.573 e. The Balaban J connectivity index is 3.04. The van der Waals surface area contributed by atoms with Crippen molar-refractivity contribution in [2.24, 2.45) is 0 Å². The molecule has 1 aromatic carbocycles. The number of carbonyl (C=O) groups is 1. The third-order valence-electron chi connectivity index (χ3n) is 1.86. The van der Waals surface area contributed by atoms with Crippen LogP contribution in [0.25, 0.3) is 0 Å². The summed E-state index contributed by atoms with van der Waals surface area (Å²) in [5.74, 6) is -0.647. The zero-order valence-corrected chi connectivity index (χ0v) is 9.85. The molecule has 0 aliphatic rings. The maximum absolute atomic E-state index is 12.0. The molecule has 0 saturated carbocycles. The van der Waals surface area contributed by atoms with Gasteiger partial charge in [0.25, 0.3) is 0 Å². The molecule has 6 heteroatoms. The molecule has 1 rings (SSSR count). The lowest BCUT2D eigenvalue weighted by molar-refractivity contribution is -0.274. The largest absolute Gasteiger partial charge is 0.573 e. The molecule has 0 aliphatic heterocycles. The monoisotopic (exact) mass is 296 g/mol. The average Bonchev–Trinajstić information content (AvgIpc) is 2.18. The fourth-order valence-corrected chi connectivity index (χ4v) is 1.41. The van der Waals surface area contributed by atoms with Crippen molar-refractivity contribution in [2.75, 3.05) is 5.33 Å². The Kier molecular flexibility index (Phi) is 3.96. The summed E-state index contributed by atoms with van der Waals surface area (Å²) in [6.45, 7) is 1.48. The van der Waals surface area contributed by atoms with Gasteiger partial charge >= 0.3 is 6.36 Å². The number of aryl methyl sites for hydroxylation is 1. The second-order valence-corrected chi connectivity index (χ2v) is 3.65. The summed E-state index contributed by atoms with van der Waals surface area (Å²) in [7, 11) is 0. The summed E-state index contributed by atoms with van der Waals surface area (Å²) in [5, 5.41) is 0.0571. The van der Waals surface area contributed by atoms with E-state index in [1.165, 1.54) is 19.1 Å². The zero-order valence-electron chi connectivity index (χ0n) is 8.27. The third-order valence-corrected chi connectivity index (χ3v) is 2.37.